The second-order valence-corrected chi connectivity index (χ2v) is 6.09. The highest BCUT2D eigenvalue weighted by molar-refractivity contribution is 5.97. The molecule has 0 aromatic heterocycles. The molecule has 2 aromatic rings. The molecule has 0 radical (unpaired) electrons. The Balaban J connectivity index is 1.81. The lowest BCUT2D eigenvalue weighted by atomic mass is 10.2. The molecule has 0 aliphatic heterocycles. The number of nitrogens with one attached hydrogen (secondary N) is 2. The number of hydrogen-bond donors (Lipinski definition) is 2. The van der Waals surface area contributed by atoms with E-state index in [1.54, 1.807) is 55.5 Å². The molecule has 0 saturated carbocycles. The van der Waals surface area contributed by atoms with E-state index < -0.39 is 17.9 Å². The number of hydrogen-bond acceptors (Lipinski definition) is 7. The van der Waals surface area contributed by atoms with E-state index in [9.17, 15) is 14.4 Å². The third-order valence-electron chi connectivity index (χ3n) is 3.95. The number of benzene rings is 2. The van der Waals surface area contributed by atoms with Gasteiger partial charge in [-0.2, -0.15) is 5.10 Å². The van der Waals surface area contributed by atoms with Crippen molar-refractivity contribution in [2.75, 3.05) is 20.8 Å². The topological polar surface area (TPSA) is 115 Å². The van der Waals surface area contributed by atoms with Crippen molar-refractivity contribution in [2.45, 2.75) is 13.0 Å². The van der Waals surface area contributed by atoms with Crippen LogP contribution < -0.4 is 20.2 Å². The van der Waals surface area contributed by atoms with Gasteiger partial charge in [0.2, 0.25) is 0 Å². The maximum atomic E-state index is 12.2. The van der Waals surface area contributed by atoms with Crippen LogP contribution in [0.3, 0.4) is 0 Å². The third kappa shape index (κ3) is 6.93. The molecule has 9 heteroatoms. The smallest absolute Gasteiger partial charge is 0.343 e. The van der Waals surface area contributed by atoms with Crippen molar-refractivity contribution < 1.29 is 28.6 Å². The van der Waals surface area contributed by atoms with Gasteiger partial charge in [-0.3, -0.25) is 9.59 Å². The second-order valence-electron chi connectivity index (χ2n) is 6.09. The van der Waals surface area contributed by atoms with Gasteiger partial charge in [-0.05, 0) is 61.0 Å². The van der Waals surface area contributed by atoms with E-state index in [4.69, 9.17) is 9.47 Å². The summed E-state index contributed by atoms with van der Waals surface area (Å²) >= 11 is 0. The zero-order chi connectivity index (χ0) is 21.9. The largest absolute Gasteiger partial charge is 0.497 e. The number of carbonyl (C=O) groups is 3. The van der Waals surface area contributed by atoms with E-state index >= 15 is 0 Å². The van der Waals surface area contributed by atoms with E-state index in [1.807, 2.05) is 0 Å². The minimum atomic E-state index is -0.786. The van der Waals surface area contributed by atoms with E-state index in [0.29, 0.717) is 22.6 Å². The molecule has 9 nitrogen and oxygen atoms in total. The maximum Gasteiger partial charge on any atom is 0.343 e. The predicted octanol–water partition coefficient (Wildman–Crippen LogP) is 1.52. The van der Waals surface area contributed by atoms with Gasteiger partial charge in [0.05, 0.1) is 20.4 Å². The Morgan fingerprint density at radius 3 is 2.23 bits per heavy atom. The van der Waals surface area contributed by atoms with E-state index in [0.717, 1.165) is 0 Å². The molecule has 2 N–H and O–H groups in total. The van der Waals surface area contributed by atoms with Gasteiger partial charge in [-0.15, -0.1) is 0 Å². The highest BCUT2D eigenvalue weighted by Gasteiger charge is 2.16. The molecule has 1 unspecified atom stereocenters. The first-order valence-corrected chi connectivity index (χ1v) is 9.00. The zero-order valence-corrected chi connectivity index (χ0v) is 16.9. The van der Waals surface area contributed by atoms with Gasteiger partial charge in [-0.25, -0.2) is 10.2 Å². The van der Waals surface area contributed by atoms with Crippen LogP contribution >= 0.6 is 0 Å². The van der Waals surface area contributed by atoms with Crippen LogP contribution in [0, 0.1) is 0 Å². The summed E-state index contributed by atoms with van der Waals surface area (Å²) in [5.74, 6) is -0.194. The van der Waals surface area contributed by atoms with Crippen molar-refractivity contribution in [3.63, 3.8) is 0 Å². The molecule has 0 saturated heterocycles. The molecule has 0 aliphatic rings. The molecule has 0 fully saturated rings. The predicted molar refractivity (Wildman–Crippen MR) is 110 cm³/mol. The number of methoxy groups -OCH3 is 2. The maximum absolute atomic E-state index is 12.2. The lowest BCUT2D eigenvalue weighted by molar-refractivity contribution is -0.142. The average molecular weight is 413 g/mol. The highest BCUT2D eigenvalue weighted by Crippen LogP contribution is 2.12. The summed E-state index contributed by atoms with van der Waals surface area (Å²) in [5, 5.41) is 6.47. The van der Waals surface area contributed by atoms with Crippen LogP contribution in [0.2, 0.25) is 0 Å². The lowest BCUT2D eigenvalue weighted by Gasteiger charge is -2.12. The van der Waals surface area contributed by atoms with Crippen LogP contribution in [-0.4, -0.2) is 50.9 Å². The minimum Gasteiger partial charge on any atom is -0.497 e. The molecule has 1 atom stereocenters. The number of ether oxygens (including phenoxy) is 3. The van der Waals surface area contributed by atoms with Gasteiger partial charge in [0.15, 0.2) is 6.61 Å². The third-order valence-corrected chi connectivity index (χ3v) is 3.95. The van der Waals surface area contributed by atoms with Gasteiger partial charge in [0.1, 0.15) is 17.5 Å². The van der Waals surface area contributed by atoms with Crippen LogP contribution in [-0.2, 0) is 14.3 Å². The quantitative estimate of drug-likeness (QED) is 0.366. The number of esters is 1. The summed E-state index contributed by atoms with van der Waals surface area (Å²) in [6.07, 6.45) is 1.44. The van der Waals surface area contributed by atoms with Gasteiger partial charge in [-0.1, -0.05) is 0 Å². The number of hydrazone groups is 1. The van der Waals surface area contributed by atoms with Crippen molar-refractivity contribution in [3.05, 3.63) is 59.7 Å². The molecular formula is C21H23N3O6. The average Bonchev–Trinajstić information content (AvgIpc) is 2.78. The zero-order valence-electron chi connectivity index (χ0n) is 16.9. The normalized spacial score (nSPS) is 11.4. The number of rotatable bonds is 9. The minimum absolute atomic E-state index is 0.180. The summed E-state index contributed by atoms with van der Waals surface area (Å²) in [6.45, 7) is 1.37. The second kappa shape index (κ2) is 11.2. The standard InChI is InChI=1S/C21H23N3O6/c1-14(23-21(27)16-6-10-17(28-2)11-7-16)20(26)24-22-12-15-4-8-18(9-5-15)30-13-19(25)29-3/h4-12,14H,13H2,1-3H3,(H,23,27)(H,24,26). The summed E-state index contributed by atoms with van der Waals surface area (Å²) in [6, 6.07) is 12.5. The molecule has 0 aliphatic carbocycles. The van der Waals surface area contributed by atoms with Crippen molar-refractivity contribution in [1.82, 2.24) is 10.7 Å². The summed E-state index contributed by atoms with van der Waals surface area (Å²) in [5.41, 5.74) is 3.49. The monoisotopic (exact) mass is 413 g/mol. The SMILES string of the molecule is COC(=O)COc1ccc(C=NNC(=O)C(C)NC(=O)c2ccc(OC)cc2)cc1. The molecular weight excluding hydrogens is 390 g/mol. The van der Waals surface area contributed by atoms with Crippen LogP contribution in [0.25, 0.3) is 0 Å². The van der Waals surface area contributed by atoms with Gasteiger partial charge in [0, 0.05) is 5.56 Å². The molecule has 2 rings (SSSR count). The Hall–Kier alpha value is -3.88. The van der Waals surface area contributed by atoms with Gasteiger partial charge >= 0.3 is 5.97 Å². The fourth-order valence-corrected chi connectivity index (χ4v) is 2.21. The summed E-state index contributed by atoms with van der Waals surface area (Å²) in [7, 11) is 2.82. The van der Waals surface area contributed by atoms with Crippen LogP contribution in [0.15, 0.2) is 53.6 Å². The first-order chi connectivity index (χ1) is 14.4. The Morgan fingerprint density at radius 2 is 1.63 bits per heavy atom. The molecule has 2 amide bonds. The highest BCUT2D eigenvalue weighted by atomic mass is 16.6. The van der Waals surface area contributed by atoms with Crippen LogP contribution in [0.1, 0.15) is 22.8 Å². The van der Waals surface area contributed by atoms with Crippen molar-refractivity contribution in [2.24, 2.45) is 5.10 Å². The fourth-order valence-electron chi connectivity index (χ4n) is 2.21. The number of carbonyl (C=O) groups excluding carboxylic acids is 3. The van der Waals surface area contributed by atoms with Crippen LogP contribution in [0.4, 0.5) is 0 Å². The Morgan fingerprint density at radius 1 is 1.00 bits per heavy atom. The molecule has 0 spiro atoms. The van der Waals surface area contributed by atoms with Crippen molar-refractivity contribution in [1.29, 1.82) is 0 Å². The Labute approximate surface area is 174 Å². The van der Waals surface area contributed by atoms with E-state index in [2.05, 4.69) is 20.6 Å². The van der Waals surface area contributed by atoms with Crippen LogP contribution in [0.5, 0.6) is 11.5 Å². The van der Waals surface area contributed by atoms with E-state index in [-0.39, 0.29) is 12.5 Å². The fraction of sp³-hybridized carbons (Fsp3) is 0.238. The number of nitrogens with zero attached hydrogens (tertiary/aromatic N) is 1. The van der Waals surface area contributed by atoms with Gasteiger partial charge < -0.3 is 19.5 Å². The summed E-state index contributed by atoms with van der Waals surface area (Å²) in [4.78, 5) is 35.3. The first kappa shape index (κ1) is 22.4. The Bertz CT molecular complexity index is 894. The molecule has 30 heavy (non-hydrogen) atoms. The first-order valence-electron chi connectivity index (χ1n) is 9.00. The Kier molecular flexibility index (Phi) is 8.37. The molecule has 0 bridgehead atoms. The molecule has 0 heterocycles. The summed E-state index contributed by atoms with van der Waals surface area (Å²) < 4.78 is 14.8. The van der Waals surface area contributed by atoms with E-state index in [1.165, 1.54) is 20.4 Å². The van der Waals surface area contributed by atoms with Gasteiger partial charge in [0.25, 0.3) is 11.8 Å². The lowest BCUT2D eigenvalue weighted by Crippen LogP contribution is -2.43. The van der Waals surface area contributed by atoms with Crippen molar-refractivity contribution in [3.8, 4) is 11.5 Å². The molecule has 158 valence electrons. The van der Waals surface area contributed by atoms with Crippen molar-refractivity contribution >= 4 is 24.0 Å². The number of amides is 2. The molecule has 2 aromatic carbocycles.